The third-order valence-corrected chi connectivity index (χ3v) is 2.19. The molecule has 0 amide bonds. The van der Waals surface area contributed by atoms with Crippen molar-refractivity contribution in [3.05, 3.63) is 17.8 Å². The molecule has 0 aliphatic heterocycles. The maximum atomic E-state index is 10.4. The Morgan fingerprint density at radius 3 is 3.42 bits per heavy atom. The molecule has 0 aromatic carbocycles. The smallest absolute Gasteiger partial charge is 0.304 e. The van der Waals surface area contributed by atoms with Crippen LogP contribution in [-0.2, 0) is 11.2 Å². The van der Waals surface area contributed by atoms with E-state index in [1.807, 2.05) is 0 Å². The van der Waals surface area contributed by atoms with E-state index in [4.69, 9.17) is 9.52 Å². The van der Waals surface area contributed by atoms with Gasteiger partial charge in [-0.2, -0.15) is 0 Å². The van der Waals surface area contributed by atoms with Crippen LogP contribution in [0.5, 0.6) is 0 Å². The molecule has 12 heavy (non-hydrogen) atoms. The zero-order valence-corrected chi connectivity index (χ0v) is 6.49. The second-order valence-corrected chi connectivity index (χ2v) is 3.00. The first-order valence-corrected chi connectivity index (χ1v) is 3.91. The number of carboxylic acids is 1. The maximum Gasteiger partial charge on any atom is 0.304 e. The van der Waals surface area contributed by atoms with Crippen molar-refractivity contribution in [1.29, 1.82) is 0 Å². The van der Waals surface area contributed by atoms with Crippen LogP contribution in [0.4, 0.5) is 0 Å². The summed E-state index contributed by atoms with van der Waals surface area (Å²) in [6.45, 7) is 0. The van der Waals surface area contributed by atoms with Crippen LogP contribution in [0.2, 0.25) is 0 Å². The van der Waals surface area contributed by atoms with E-state index in [1.54, 1.807) is 0 Å². The summed E-state index contributed by atoms with van der Waals surface area (Å²) in [6, 6.07) is 0. The monoisotopic (exact) mass is 167 g/mol. The average Bonchev–Trinajstić information content (AvgIpc) is 2.52. The number of aliphatic carboxylic acids is 1. The second-order valence-electron chi connectivity index (χ2n) is 3.00. The Kier molecular flexibility index (Phi) is 1.60. The number of nitrogens with zero attached hydrogens (tertiary/aromatic N) is 1. The average molecular weight is 167 g/mol. The van der Waals surface area contributed by atoms with Crippen molar-refractivity contribution in [3.8, 4) is 0 Å². The van der Waals surface area contributed by atoms with E-state index in [9.17, 15) is 4.79 Å². The molecule has 1 unspecified atom stereocenters. The van der Waals surface area contributed by atoms with E-state index in [0.717, 1.165) is 24.3 Å². The molecule has 4 heteroatoms. The molecule has 4 nitrogen and oxygen atoms in total. The highest BCUT2D eigenvalue weighted by Crippen LogP contribution is 2.34. The lowest BCUT2D eigenvalue weighted by molar-refractivity contribution is -0.137. The van der Waals surface area contributed by atoms with E-state index in [0.29, 0.717) is 0 Å². The highest BCUT2D eigenvalue weighted by molar-refractivity contribution is 5.68. The van der Waals surface area contributed by atoms with Gasteiger partial charge in [0.15, 0.2) is 6.39 Å². The number of hydrogen-bond acceptors (Lipinski definition) is 3. The molecule has 0 saturated carbocycles. The van der Waals surface area contributed by atoms with Crippen molar-refractivity contribution in [3.63, 3.8) is 0 Å². The molecule has 0 bridgehead atoms. The quantitative estimate of drug-likeness (QED) is 0.718. The first kappa shape index (κ1) is 7.34. The number of oxazole rings is 1. The number of aromatic nitrogens is 1. The summed E-state index contributed by atoms with van der Waals surface area (Å²) in [7, 11) is 0. The van der Waals surface area contributed by atoms with Gasteiger partial charge in [0, 0.05) is 5.92 Å². The Hall–Kier alpha value is -1.32. The molecule has 0 spiro atoms. The summed E-state index contributed by atoms with van der Waals surface area (Å²) < 4.78 is 5.12. The second kappa shape index (κ2) is 2.62. The van der Waals surface area contributed by atoms with Gasteiger partial charge in [0.2, 0.25) is 0 Å². The van der Waals surface area contributed by atoms with E-state index in [1.165, 1.54) is 6.39 Å². The van der Waals surface area contributed by atoms with E-state index in [2.05, 4.69) is 4.98 Å². The Morgan fingerprint density at radius 1 is 1.83 bits per heavy atom. The van der Waals surface area contributed by atoms with Crippen LogP contribution in [0.25, 0.3) is 0 Å². The minimum Gasteiger partial charge on any atom is -0.481 e. The first-order chi connectivity index (χ1) is 5.77. The summed E-state index contributed by atoms with van der Waals surface area (Å²) in [5, 5.41) is 8.57. The predicted molar refractivity (Wildman–Crippen MR) is 39.8 cm³/mol. The molecule has 0 saturated heterocycles. The number of fused-ring (bicyclic) bond motifs is 1. The van der Waals surface area contributed by atoms with Gasteiger partial charge in [-0.1, -0.05) is 0 Å². The molecule has 1 aromatic heterocycles. The van der Waals surface area contributed by atoms with Gasteiger partial charge in [-0.05, 0) is 12.8 Å². The van der Waals surface area contributed by atoms with Crippen molar-refractivity contribution in [2.24, 2.45) is 0 Å². The molecule has 1 aliphatic rings. The number of carbonyl (C=O) groups is 1. The summed E-state index contributed by atoms with van der Waals surface area (Å²) in [5.74, 6) is 0.0432. The van der Waals surface area contributed by atoms with Crippen LogP contribution in [0.1, 0.15) is 30.2 Å². The third-order valence-electron chi connectivity index (χ3n) is 2.19. The van der Waals surface area contributed by atoms with Crippen LogP contribution in [0, 0.1) is 0 Å². The van der Waals surface area contributed by atoms with Crippen LogP contribution >= 0.6 is 0 Å². The van der Waals surface area contributed by atoms with Gasteiger partial charge in [0.1, 0.15) is 5.76 Å². The van der Waals surface area contributed by atoms with E-state index in [-0.39, 0.29) is 12.3 Å². The Labute approximate surface area is 69.2 Å². The highest BCUT2D eigenvalue weighted by Gasteiger charge is 2.28. The summed E-state index contributed by atoms with van der Waals surface area (Å²) >= 11 is 0. The minimum atomic E-state index is -0.774. The van der Waals surface area contributed by atoms with Crippen molar-refractivity contribution in [1.82, 2.24) is 4.98 Å². The Morgan fingerprint density at radius 2 is 2.67 bits per heavy atom. The topological polar surface area (TPSA) is 63.3 Å². The van der Waals surface area contributed by atoms with Crippen molar-refractivity contribution >= 4 is 5.97 Å². The molecule has 1 heterocycles. The Bertz CT molecular complexity index is 305. The standard InChI is InChI=1S/C8H9NO3/c10-7(11)3-5-1-2-6-8(5)12-4-9-6/h4-5H,1-3H2,(H,10,11). The molecule has 1 aromatic rings. The molecule has 1 aliphatic carbocycles. The van der Waals surface area contributed by atoms with Gasteiger partial charge in [0.25, 0.3) is 0 Å². The SMILES string of the molecule is O=C(O)CC1CCc2ncoc21. The summed E-state index contributed by atoms with van der Waals surface area (Å²) in [4.78, 5) is 14.4. The Balaban J connectivity index is 2.17. The largest absolute Gasteiger partial charge is 0.481 e. The van der Waals surface area contributed by atoms with E-state index < -0.39 is 5.97 Å². The predicted octanol–water partition coefficient (Wildman–Crippen LogP) is 1.18. The fourth-order valence-corrected chi connectivity index (χ4v) is 1.65. The van der Waals surface area contributed by atoms with E-state index >= 15 is 0 Å². The molecular formula is C8H9NO3. The van der Waals surface area contributed by atoms with Crippen LogP contribution < -0.4 is 0 Å². The molecule has 0 fully saturated rings. The molecule has 64 valence electrons. The molecule has 0 radical (unpaired) electrons. The third kappa shape index (κ3) is 1.09. The lowest BCUT2D eigenvalue weighted by atomic mass is 10.0. The lowest BCUT2D eigenvalue weighted by Crippen LogP contribution is -2.02. The summed E-state index contributed by atoms with van der Waals surface area (Å²) in [5.41, 5.74) is 0.932. The van der Waals surface area contributed by atoms with Gasteiger partial charge in [0.05, 0.1) is 12.1 Å². The van der Waals surface area contributed by atoms with Crippen molar-refractivity contribution < 1.29 is 14.3 Å². The molecule has 1 atom stereocenters. The van der Waals surface area contributed by atoms with Gasteiger partial charge in [-0.3, -0.25) is 4.79 Å². The zero-order valence-electron chi connectivity index (χ0n) is 6.49. The first-order valence-electron chi connectivity index (χ1n) is 3.91. The van der Waals surface area contributed by atoms with Gasteiger partial charge >= 0.3 is 5.97 Å². The lowest BCUT2D eigenvalue weighted by Gasteiger charge is -2.02. The fraction of sp³-hybridized carbons (Fsp3) is 0.500. The number of rotatable bonds is 2. The number of aryl methyl sites for hydroxylation is 1. The minimum absolute atomic E-state index is 0.0417. The number of carboxylic acid groups (broad SMARTS) is 1. The van der Waals surface area contributed by atoms with Crippen LogP contribution in [0.15, 0.2) is 10.8 Å². The van der Waals surface area contributed by atoms with Gasteiger partial charge in [-0.15, -0.1) is 0 Å². The summed E-state index contributed by atoms with van der Waals surface area (Å²) in [6.07, 6.45) is 3.25. The highest BCUT2D eigenvalue weighted by atomic mass is 16.4. The number of hydrogen-bond donors (Lipinski definition) is 1. The molecule has 2 rings (SSSR count). The van der Waals surface area contributed by atoms with Gasteiger partial charge in [-0.25, -0.2) is 4.98 Å². The fourth-order valence-electron chi connectivity index (χ4n) is 1.65. The normalized spacial score (nSPS) is 20.8. The van der Waals surface area contributed by atoms with Crippen molar-refractivity contribution in [2.45, 2.75) is 25.2 Å². The van der Waals surface area contributed by atoms with Gasteiger partial charge < -0.3 is 9.52 Å². The van der Waals surface area contributed by atoms with Crippen molar-refractivity contribution in [2.75, 3.05) is 0 Å². The zero-order chi connectivity index (χ0) is 8.55. The molecule has 1 N–H and O–H groups in total. The van der Waals surface area contributed by atoms with Crippen LogP contribution in [-0.4, -0.2) is 16.1 Å². The maximum absolute atomic E-state index is 10.4. The van der Waals surface area contributed by atoms with Crippen LogP contribution in [0.3, 0.4) is 0 Å². The molecular weight excluding hydrogens is 158 g/mol.